The second kappa shape index (κ2) is 13.2. The van der Waals surface area contributed by atoms with Gasteiger partial charge in [-0.2, -0.15) is 0 Å². The quantitative estimate of drug-likeness (QED) is 0.422. The van der Waals surface area contributed by atoms with E-state index in [1.165, 1.54) is 0 Å². The average Bonchev–Trinajstić information content (AvgIpc) is 2.90. The fraction of sp³-hybridized carbons (Fsp3) is 0.310. The van der Waals surface area contributed by atoms with E-state index in [0.29, 0.717) is 31.0 Å². The van der Waals surface area contributed by atoms with E-state index in [4.69, 9.17) is 9.47 Å². The summed E-state index contributed by atoms with van der Waals surface area (Å²) in [6.45, 7) is 2.91. The smallest absolute Gasteiger partial charge is 0.243 e. The van der Waals surface area contributed by atoms with Gasteiger partial charge in [0.2, 0.25) is 11.8 Å². The normalized spacial score (nSPS) is 11.4. The summed E-state index contributed by atoms with van der Waals surface area (Å²) in [4.78, 5) is 28.8. The number of carbonyl (C=O) groups excluding carboxylic acids is 2. The Labute approximate surface area is 207 Å². The van der Waals surface area contributed by atoms with Crippen LogP contribution in [0.25, 0.3) is 0 Å². The van der Waals surface area contributed by atoms with E-state index >= 15 is 0 Å². The third kappa shape index (κ3) is 7.34. The summed E-state index contributed by atoms with van der Waals surface area (Å²) in [6, 6.07) is 24.4. The number of benzene rings is 3. The SMILES string of the molecule is CCCNC(=O)C(Cc1ccccc1)N(Cc1ccccc1)C(=O)Cc1ccc(OC)c(OC)c1. The molecule has 0 spiro atoms. The fourth-order valence-electron chi connectivity index (χ4n) is 3.97. The molecular formula is C29H34N2O4. The largest absolute Gasteiger partial charge is 0.493 e. The molecule has 3 aromatic carbocycles. The van der Waals surface area contributed by atoms with Crippen LogP contribution in [0.2, 0.25) is 0 Å². The molecule has 6 nitrogen and oxygen atoms in total. The minimum absolute atomic E-state index is 0.131. The maximum absolute atomic E-state index is 13.8. The van der Waals surface area contributed by atoms with Crippen LogP contribution in [0.4, 0.5) is 0 Å². The number of hydrogen-bond donors (Lipinski definition) is 1. The number of nitrogens with zero attached hydrogens (tertiary/aromatic N) is 1. The third-order valence-corrected chi connectivity index (χ3v) is 5.82. The molecule has 35 heavy (non-hydrogen) atoms. The van der Waals surface area contributed by atoms with Crippen LogP contribution in [0.15, 0.2) is 78.9 Å². The lowest BCUT2D eigenvalue weighted by Crippen LogP contribution is -2.51. The van der Waals surface area contributed by atoms with Crippen LogP contribution >= 0.6 is 0 Å². The van der Waals surface area contributed by atoms with Gasteiger partial charge in [0.1, 0.15) is 6.04 Å². The molecule has 0 bridgehead atoms. The standard InChI is InChI=1S/C29H34N2O4/c1-4-17-30-29(33)25(18-22-11-7-5-8-12-22)31(21-23-13-9-6-10-14-23)28(32)20-24-15-16-26(34-2)27(19-24)35-3/h5-16,19,25H,4,17-18,20-21H2,1-3H3,(H,30,33). The number of methoxy groups -OCH3 is 2. The van der Waals surface area contributed by atoms with Crippen molar-refractivity contribution >= 4 is 11.8 Å². The molecule has 0 saturated heterocycles. The van der Waals surface area contributed by atoms with Gasteiger partial charge in [-0.05, 0) is 35.2 Å². The Balaban J connectivity index is 1.94. The zero-order chi connectivity index (χ0) is 25.0. The lowest BCUT2D eigenvalue weighted by Gasteiger charge is -2.31. The molecular weight excluding hydrogens is 440 g/mol. The predicted molar refractivity (Wildman–Crippen MR) is 137 cm³/mol. The molecule has 0 aliphatic carbocycles. The molecule has 3 rings (SSSR count). The van der Waals surface area contributed by atoms with E-state index in [1.54, 1.807) is 31.3 Å². The first-order valence-electron chi connectivity index (χ1n) is 11.9. The number of nitrogens with one attached hydrogen (secondary N) is 1. The first-order chi connectivity index (χ1) is 17.0. The van der Waals surface area contributed by atoms with Crippen molar-refractivity contribution in [3.05, 3.63) is 95.6 Å². The second-order valence-corrected chi connectivity index (χ2v) is 8.37. The zero-order valence-corrected chi connectivity index (χ0v) is 20.7. The second-order valence-electron chi connectivity index (χ2n) is 8.37. The number of carbonyl (C=O) groups is 2. The summed E-state index contributed by atoms with van der Waals surface area (Å²) >= 11 is 0. The van der Waals surface area contributed by atoms with E-state index in [9.17, 15) is 9.59 Å². The number of amides is 2. The van der Waals surface area contributed by atoms with Crippen LogP contribution in [0.1, 0.15) is 30.0 Å². The van der Waals surface area contributed by atoms with Crippen molar-refractivity contribution in [3.63, 3.8) is 0 Å². The molecule has 184 valence electrons. The average molecular weight is 475 g/mol. The third-order valence-electron chi connectivity index (χ3n) is 5.82. The maximum Gasteiger partial charge on any atom is 0.243 e. The van der Waals surface area contributed by atoms with Crippen molar-refractivity contribution in [2.45, 2.75) is 38.8 Å². The topological polar surface area (TPSA) is 67.9 Å². The van der Waals surface area contributed by atoms with Crippen LogP contribution in [0, 0.1) is 0 Å². The van der Waals surface area contributed by atoms with E-state index in [2.05, 4.69) is 5.32 Å². The number of hydrogen-bond acceptors (Lipinski definition) is 4. The van der Waals surface area contributed by atoms with Gasteiger partial charge in [-0.3, -0.25) is 9.59 Å². The Kier molecular flexibility index (Phi) is 9.72. The van der Waals surface area contributed by atoms with Crippen LogP contribution in [-0.4, -0.2) is 43.5 Å². The van der Waals surface area contributed by atoms with E-state index < -0.39 is 6.04 Å². The first kappa shape index (κ1) is 25.8. The molecule has 1 N–H and O–H groups in total. The minimum Gasteiger partial charge on any atom is -0.493 e. The summed E-state index contributed by atoms with van der Waals surface area (Å²) in [5.74, 6) is 0.889. The van der Waals surface area contributed by atoms with Gasteiger partial charge in [-0.25, -0.2) is 0 Å². The molecule has 0 aromatic heterocycles. The van der Waals surface area contributed by atoms with Crippen molar-refractivity contribution in [1.29, 1.82) is 0 Å². The van der Waals surface area contributed by atoms with E-state index in [-0.39, 0.29) is 18.2 Å². The van der Waals surface area contributed by atoms with Crippen molar-refractivity contribution in [1.82, 2.24) is 10.2 Å². The first-order valence-corrected chi connectivity index (χ1v) is 11.9. The maximum atomic E-state index is 13.8. The lowest BCUT2D eigenvalue weighted by molar-refractivity contribution is -0.140. The zero-order valence-electron chi connectivity index (χ0n) is 20.7. The van der Waals surface area contributed by atoms with Crippen molar-refractivity contribution in [2.75, 3.05) is 20.8 Å². The van der Waals surface area contributed by atoms with Gasteiger partial charge in [0.25, 0.3) is 0 Å². The summed E-state index contributed by atoms with van der Waals surface area (Å²) in [5, 5.41) is 3.00. The molecule has 6 heteroatoms. The Morgan fingerprint density at radius 2 is 1.46 bits per heavy atom. The summed E-state index contributed by atoms with van der Waals surface area (Å²) in [5.41, 5.74) is 2.76. The molecule has 0 aliphatic rings. The summed E-state index contributed by atoms with van der Waals surface area (Å²) in [7, 11) is 3.15. The molecule has 0 fully saturated rings. The van der Waals surface area contributed by atoms with Crippen molar-refractivity contribution < 1.29 is 19.1 Å². The molecule has 0 radical (unpaired) electrons. The Morgan fingerprint density at radius 3 is 2.06 bits per heavy atom. The summed E-state index contributed by atoms with van der Waals surface area (Å²) in [6.07, 6.45) is 1.39. The van der Waals surface area contributed by atoms with Crippen LogP contribution in [-0.2, 0) is 29.0 Å². The molecule has 1 unspecified atom stereocenters. The number of ether oxygens (including phenoxy) is 2. The van der Waals surface area contributed by atoms with Gasteiger partial charge < -0.3 is 19.7 Å². The van der Waals surface area contributed by atoms with Gasteiger partial charge in [0, 0.05) is 19.5 Å². The minimum atomic E-state index is -0.642. The van der Waals surface area contributed by atoms with E-state index in [0.717, 1.165) is 23.1 Å². The molecule has 1 atom stereocenters. The van der Waals surface area contributed by atoms with Gasteiger partial charge in [-0.1, -0.05) is 73.7 Å². The van der Waals surface area contributed by atoms with Crippen molar-refractivity contribution in [2.24, 2.45) is 0 Å². The predicted octanol–water partition coefficient (Wildman–Crippen LogP) is 4.41. The van der Waals surface area contributed by atoms with Gasteiger partial charge in [0.05, 0.1) is 20.6 Å². The van der Waals surface area contributed by atoms with Crippen LogP contribution in [0.5, 0.6) is 11.5 Å². The molecule has 3 aromatic rings. The molecule has 2 amide bonds. The highest BCUT2D eigenvalue weighted by Gasteiger charge is 2.30. The highest BCUT2D eigenvalue weighted by molar-refractivity contribution is 5.88. The lowest BCUT2D eigenvalue weighted by atomic mass is 10.0. The fourth-order valence-corrected chi connectivity index (χ4v) is 3.97. The highest BCUT2D eigenvalue weighted by atomic mass is 16.5. The monoisotopic (exact) mass is 474 g/mol. The van der Waals surface area contributed by atoms with Gasteiger partial charge >= 0.3 is 0 Å². The molecule has 0 heterocycles. The molecule has 0 saturated carbocycles. The number of rotatable bonds is 12. The Bertz CT molecular complexity index is 1090. The summed E-state index contributed by atoms with van der Waals surface area (Å²) < 4.78 is 10.7. The van der Waals surface area contributed by atoms with Crippen molar-refractivity contribution in [3.8, 4) is 11.5 Å². The van der Waals surface area contributed by atoms with Crippen LogP contribution in [0.3, 0.4) is 0 Å². The Hall–Kier alpha value is -3.80. The van der Waals surface area contributed by atoms with Gasteiger partial charge in [-0.15, -0.1) is 0 Å². The highest BCUT2D eigenvalue weighted by Crippen LogP contribution is 2.28. The Morgan fingerprint density at radius 1 is 0.829 bits per heavy atom. The molecule has 0 aliphatic heterocycles. The van der Waals surface area contributed by atoms with Crippen LogP contribution < -0.4 is 14.8 Å². The van der Waals surface area contributed by atoms with E-state index in [1.807, 2.05) is 73.7 Å². The van der Waals surface area contributed by atoms with Gasteiger partial charge in [0.15, 0.2) is 11.5 Å².